The molecule has 104 valence electrons. The molecule has 0 spiro atoms. The smallest absolute Gasteiger partial charge is 0.142 e. The Morgan fingerprint density at radius 1 is 1.26 bits per heavy atom. The lowest BCUT2D eigenvalue weighted by Crippen LogP contribution is -2.26. The van der Waals surface area contributed by atoms with E-state index in [0.717, 1.165) is 48.9 Å². The maximum absolute atomic E-state index is 13.5. The molecule has 0 saturated carbocycles. The van der Waals surface area contributed by atoms with Crippen LogP contribution in [0, 0.1) is 5.82 Å². The summed E-state index contributed by atoms with van der Waals surface area (Å²) >= 11 is 5.78. The van der Waals surface area contributed by atoms with E-state index in [1.54, 1.807) is 6.07 Å². The third-order valence-electron chi connectivity index (χ3n) is 3.49. The summed E-state index contributed by atoms with van der Waals surface area (Å²) in [5.74, 6) is -0.351. The number of fused-ring (bicyclic) bond motifs is 1. The van der Waals surface area contributed by atoms with Crippen LogP contribution < -0.4 is 0 Å². The van der Waals surface area contributed by atoms with E-state index in [2.05, 4.69) is 23.7 Å². The maximum atomic E-state index is 13.5. The molecular weight excluding hydrogens is 263 g/mol. The summed E-state index contributed by atoms with van der Waals surface area (Å²) in [5, 5.41) is 1.11. The summed E-state index contributed by atoms with van der Waals surface area (Å²) in [5.41, 5.74) is 2.06. The van der Waals surface area contributed by atoms with Crippen LogP contribution in [0.4, 0.5) is 4.39 Å². The highest BCUT2D eigenvalue weighted by atomic mass is 35.5. The highest BCUT2D eigenvalue weighted by Crippen LogP contribution is 2.25. The molecule has 2 rings (SSSR count). The van der Waals surface area contributed by atoms with Crippen LogP contribution in [0.2, 0.25) is 5.02 Å². The fraction of sp³-hybridized carbons (Fsp3) is 0.467. The van der Waals surface area contributed by atoms with Gasteiger partial charge in [-0.15, -0.1) is 0 Å². The largest absolute Gasteiger partial charge is 0.361 e. The van der Waals surface area contributed by atoms with Crippen molar-refractivity contribution in [3.63, 3.8) is 0 Å². The van der Waals surface area contributed by atoms with Crippen molar-refractivity contribution in [2.45, 2.75) is 26.7 Å². The molecule has 1 aromatic carbocycles. The first-order chi connectivity index (χ1) is 9.15. The monoisotopic (exact) mass is 282 g/mol. The van der Waals surface area contributed by atoms with Gasteiger partial charge in [0.1, 0.15) is 5.82 Å². The number of benzene rings is 1. The first-order valence-electron chi connectivity index (χ1n) is 6.83. The minimum atomic E-state index is -0.351. The molecule has 1 heterocycles. The standard InChI is InChI=1S/C15H20ClFN2/c1-3-6-19(4-2)7-5-11-10-18-15-9-13(16)14(17)8-12(11)15/h8-10,18H,3-7H2,1-2H3. The first kappa shape index (κ1) is 14.4. The Bertz CT molecular complexity index is 550. The maximum Gasteiger partial charge on any atom is 0.142 e. The van der Waals surface area contributed by atoms with E-state index in [4.69, 9.17) is 11.6 Å². The predicted molar refractivity (Wildman–Crippen MR) is 79.4 cm³/mol. The molecule has 4 heteroatoms. The van der Waals surface area contributed by atoms with Gasteiger partial charge in [-0.2, -0.15) is 0 Å². The van der Waals surface area contributed by atoms with Gasteiger partial charge in [0.25, 0.3) is 0 Å². The number of likely N-dealkylation sites (N-methyl/N-ethyl adjacent to an activating group) is 1. The Balaban J connectivity index is 2.15. The van der Waals surface area contributed by atoms with Crippen LogP contribution in [-0.2, 0) is 6.42 Å². The van der Waals surface area contributed by atoms with Crippen LogP contribution in [0.3, 0.4) is 0 Å². The van der Waals surface area contributed by atoms with Gasteiger partial charge >= 0.3 is 0 Å². The predicted octanol–water partition coefficient (Wildman–Crippen LogP) is 4.23. The molecule has 0 saturated heterocycles. The number of H-pyrrole nitrogens is 1. The fourth-order valence-corrected chi connectivity index (χ4v) is 2.57. The van der Waals surface area contributed by atoms with Crippen molar-refractivity contribution in [2.24, 2.45) is 0 Å². The molecule has 1 aromatic heterocycles. The van der Waals surface area contributed by atoms with Crippen molar-refractivity contribution in [1.29, 1.82) is 0 Å². The molecule has 2 nitrogen and oxygen atoms in total. The van der Waals surface area contributed by atoms with Gasteiger partial charge in [0.2, 0.25) is 0 Å². The van der Waals surface area contributed by atoms with Crippen molar-refractivity contribution in [2.75, 3.05) is 19.6 Å². The van der Waals surface area contributed by atoms with Crippen LogP contribution in [0.15, 0.2) is 18.3 Å². The Kier molecular flexibility index (Phi) is 4.83. The molecule has 0 amide bonds. The summed E-state index contributed by atoms with van der Waals surface area (Å²) in [6, 6.07) is 3.18. The molecule has 0 fully saturated rings. The topological polar surface area (TPSA) is 19.0 Å². The molecule has 19 heavy (non-hydrogen) atoms. The van der Waals surface area contributed by atoms with E-state index < -0.39 is 0 Å². The normalized spacial score (nSPS) is 11.6. The number of hydrogen-bond donors (Lipinski definition) is 1. The van der Waals surface area contributed by atoms with Crippen molar-refractivity contribution >= 4 is 22.5 Å². The minimum absolute atomic E-state index is 0.169. The van der Waals surface area contributed by atoms with Crippen molar-refractivity contribution in [3.05, 3.63) is 34.7 Å². The summed E-state index contributed by atoms with van der Waals surface area (Å²) in [6.07, 6.45) is 4.04. The third-order valence-corrected chi connectivity index (χ3v) is 3.78. The minimum Gasteiger partial charge on any atom is -0.361 e. The van der Waals surface area contributed by atoms with Gasteiger partial charge in [0, 0.05) is 23.6 Å². The van der Waals surface area contributed by atoms with Gasteiger partial charge in [-0.3, -0.25) is 0 Å². The van der Waals surface area contributed by atoms with Gasteiger partial charge in [-0.25, -0.2) is 4.39 Å². The Hall–Kier alpha value is -1.06. The molecular formula is C15H20ClFN2. The molecule has 0 atom stereocenters. The van der Waals surface area contributed by atoms with Crippen molar-refractivity contribution in [1.82, 2.24) is 9.88 Å². The highest BCUT2D eigenvalue weighted by molar-refractivity contribution is 6.31. The lowest BCUT2D eigenvalue weighted by molar-refractivity contribution is 0.293. The molecule has 0 unspecified atom stereocenters. The number of nitrogens with one attached hydrogen (secondary N) is 1. The number of nitrogens with zero attached hydrogens (tertiary/aromatic N) is 1. The molecule has 1 N–H and O–H groups in total. The zero-order valence-corrected chi connectivity index (χ0v) is 12.2. The number of aromatic amines is 1. The van der Waals surface area contributed by atoms with E-state index in [-0.39, 0.29) is 10.8 Å². The molecule has 0 aliphatic heterocycles. The summed E-state index contributed by atoms with van der Waals surface area (Å²) in [6.45, 7) is 7.52. The van der Waals surface area contributed by atoms with Gasteiger partial charge < -0.3 is 9.88 Å². The van der Waals surface area contributed by atoms with E-state index in [0.29, 0.717) is 0 Å². The molecule has 0 aliphatic rings. The lowest BCUT2D eigenvalue weighted by atomic mass is 10.1. The Labute approximate surface area is 118 Å². The Morgan fingerprint density at radius 3 is 2.74 bits per heavy atom. The van der Waals surface area contributed by atoms with Crippen LogP contribution >= 0.6 is 11.6 Å². The van der Waals surface area contributed by atoms with Crippen LogP contribution in [0.5, 0.6) is 0 Å². The van der Waals surface area contributed by atoms with Gasteiger partial charge in [0.15, 0.2) is 0 Å². The quantitative estimate of drug-likeness (QED) is 0.840. The summed E-state index contributed by atoms with van der Waals surface area (Å²) < 4.78 is 13.5. The van der Waals surface area contributed by atoms with E-state index in [1.165, 1.54) is 6.07 Å². The second-order valence-electron chi connectivity index (χ2n) is 4.81. The lowest BCUT2D eigenvalue weighted by Gasteiger charge is -2.18. The van der Waals surface area contributed by atoms with Gasteiger partial charge in [-0.1, -0.05) is 25.4 Å². The fourth-order valence-electron chi connectivity index (χ4n) is 2.40. The second-order valence-corrected chi connectivity index (χ2v) is 5.22. The van der Waals surface area contributed by atoms with Crippen molar-refractivity contribution in [3.8, 4) is 0 Å². The van der Waals surface area contributed by atoms with E-state index in [9.17, 15) is 4.39 Å². The second kappa shape index (κ2) is 6.40. The SMILES string of the molecule is CCCN(CC)CCc1c[nH]c2cc(Cl)c(F)cc12. The molecule has 0 aliphatic carbocycles. The van der Waals surface area contributed by atoms with Crippen LogP contribution in [0.1, 0.15) is 25.8 Å². The third kappa shape index (κ3) is 3.28. The highest BCUT2D eigenvalue weighted by Gasteiger charge is 2.09. The van der Waals surface area contributed by atoms with Crippen molar-refractivity contribution < 1.29 is 4.39 Å². The summed E-state index contributed by atoms with van der Waals surface area (Å²) in [4.78, 5) is 5.57. The number of aromatic nitrogens is 1. The van der Waals surface area contributed by atoms with Crippen LogP contribution in [-0.4, -0.2) is 29.5 Å². The molecule has 0 radical (unpaired) electrons. The number of halogens is 2. The van der Waals surface area contributed by atoms with Crippen LogP contribution in [0.25, 0.3) is 10.9 Å². The number of hydrogen-bond acceptors (Lipinski definition) is 1. The first-order valence-corrected chi connectivity index (χ1v) is 7.20. The summed E-state index contributed by atoms with van der Waals surface area (Å²) in [7, 11) is 0. The van der Waals surface area contributed by atoms with E-state index >= 15 is 0 Å². The molecule has 2 aromatic rings. The van der Waals surface area contributed by atoms with E-state index in [1.807, 2.05) is 6.20 Å². The zero-order valence-electron chi connectivity index (χ0n) is 11.5. The average Bonchev–Trinajstić information content (AvgIpc) is 2.77. The molecule has 0 bridgehead atoms. The zero-order chi connectivity index (χ0) is 13.8. The average molecular weight is 283 g/mol. The Morgan fingerprint density at radius 2 is 2.05 bits per heavy atom. The number of rotatable bonds is 6. The van der Waals surface area contributed by atoms with Gasteiger partial charge in [-0.05, 0) is 43.6 Å². The van der Waals surface area contributed by atoms with Gasteiger partial charge in [0.05, 0.1) is 5.02 Å².